The summed E-state index contributed by atoms with van der Waals surface area (Å²) in [6, 6.07) is 14.8. The largest absolute Gasteiger partial charge is 0.380 e. The fourth-order valence-corrected chi connectivity index (χ4v) is 2.69. The predicted molar refractivity (Wildman–Crippen MR) is 97.4 cm³/mol. The molecule has 0 aliphatic heterocycles. The van der Waals surface area contributed by atoms with Crippen LogP contribution in [0.4, 0.5) is 0 Å². The Bertz CT molecular complexity index is 968. The van der Waals surface area contributed by atoms with E-state index >= 15 is 0 Å². The maximum Gasteiger partial charge on any atom is 0.277 e. The molecule has 1 aromatic heterocycles. The minimum Gasteiger partial charge on any atom is -0.380 e. The van der Waals surface area contributed by atoms with Gasteiger partial charge in [-0.1, -0.05) is 41.6 Å². The van der Waals surface area contributed by atoms with E-state index in [-0.39, 0.29) is 24.4 Å². The summed E-state index contributed by atoms with van der Waals surface area (Å²) in [7, 11) is 1.64. The molecule has 1 amide bonds. The fourth-order valence-electron chi connectivity index (χ4n) is 2.69. The number of benzene rings is 2. The average Bonchev–Trinajstić information content (AvgIpc) is 2.67. The number of aromatic nitrogens is 3. The fraction of sp³-hybridized carbons (Fsp3) is 0.263. The number of hydrogen-bond donors (Lipinski definition) is 1. The number of nitrogens with one attached hydrogen (secondary N) is 1. The maximum atomic E-state index is 12.4. The van der Waals surface area contributed by atoms with Gasteiger partial charge in [0.2, 0.25) is 5.91 Å². The Kier molecular flexibility index (Phi) is 5.70. The molecule has 0 aliphatic rings. The molecule has 7 nitrogen and oxygen atoms in total. The van der Waals surface area contributed by atoms with Crippen molar-refractivity contribution in [2.75, 3.05) is 7.11 Å². The number of nitrogens with zero attached hydrogens (tertiary/aromatic N) is 3. The van der Waals surface area contributed by atoms with E-state index in [1.54, 1.807) is 31.4 Å². The SMILES string of the molecule is COCc1ccccc1CNC(=O)CCn1nnc2ccccc2c1=O. The molecule has 3 aromatic rings. The molecule has 0 saturated carbocycles. The molecule has 0 aliphatic carbocycles. The van der Waals surface area contributed by atoms with Crippen molar-refractivity contribution in [3.63, 3.8) is 0 Å². The molecule has 0 bridgehead atoms. The van der Waals surface area contributed by atoms with Crippen LogP contribution in [0, 0.1) is 0 Å². The van der Waals surface area contributed by atoms with Gasteiger partial charge in [0, 0.05) is 20.1 Å². The molecule has 3 rings (SSSR count). The van der Waals surface area contributed by atoms with Crippen LogP contribution in [0.25, 0.3) is 10.9 Å². The highest BCUT2D eigenvalue weighted by Crippen LogP contribution is 2.09. The molecular formula is C19H20N4O3. The van der Waals surface area contributed by atoms with Crippen LogP contribution in [0.3, 0.4) is 0 Å². The van der Waals surface area contributed by atoms with E-state index in [2.05, 4.69) is 15.6 Å². The lowest BCUT2D eigenvalue weighted by molar-refractivity contribution is -0.121. The van der Waals surface area contributed by atoms with Crippen molar-refractivity contribution in [1.82, 2.24) is 20.3 Å². The van der Waals surface area contributed by atoms with Crippen LogP contribution in [-0.4, -0.2) is 28.0 Å². The lowest BCUT2D eigenvalue weighted by atomic mass is 10.1. The molecule has 0 saturated heterocycles. The summed E-state index contributed by atoms with van der Waals surface area (Å²) in [5.74, 6) is -0.154. The average molecular weight is 352 g/mol. The summed E-state index contributed by atoms with van der Waals surface area (Å²) in [6.45, 7) is 1.09. The van der Waals surface area contributed by atoms with E-state index in [0.717, 1.165) is 11.1 Å². The molecule has 0 radical (unpaired) electrons. The highest BCUT2D eigenvalue weighted by Gasteiger charge is 2.08. The Hall–Kier alpha value is -3.06. The number of fused-ring (bicyclic) bond motifs is 1. The standard InChI is InChI=1S/C19H20N4O3/c1-26-13-15-7-3-2-6-14(15)12-20-18(24)10-11-23-19(25)16-8-4-5-9-17(16)21-22-23/h2-9H,10-13H2,1H3,(H,20,24). The summed E-state index contributed by atoms with van der Waals surface area (Å²) in [5, 5.41) is 11.3. The van der Waals surface area contributed by atoms with E-state index < -0.39 is 0 Å². The van der Waals surface area contributed by atoms with Crippen LogP contribution in [-0.2, 0) is 29.2 Å². The molecule has 134 valence electrons. The number of hydrogen-bond acceptors (Lipinski definition) is 5. The summed E-state index contributed by atoms with van der Waals surface area (Å²) in [5.41, 5.74) is 2.35. The first-order valence-electron chi connectivity index (χ1n) is 8.34. The van der Waals surface area contributed by atoms with Crippen LogP contribution in [0.5, 0.6) is 0 Å². The summed E-state index contributed by atoms with van der Waals surface area (Å²) >= 11 is 0. The quantitative estimate of drug-likeness (QED) is 0.699. The highest BCUT2D eigenvalue weighted by atomic mass is 16.5. The zero-order chi connectivity index (χ0) is 18.4. The van der Waals surface area contributed by atoms with Gasteiger partial charge in [0.1, 0.15) is 5.52 Å². The van der Waals surface area contributed by atoms with Crippen molar-refractivity contribution in [3.05, 3.63) is 70.0 Å². The van der Waals surface area contributed by atoms with Gasteiger partial charge >= 0.3 is 0 Å². The van der Waals surface area contributed by atoms with Crippen LogP contribution >= 0.6 is 0 Å². The molecule has 2 aromatic carbocycles. The number of carbonyl (C=O) groups excluding carboxylic acids is 1. The lowest BCUT2D eigenvalue weighted by Gasteiger charge is -2.10. The van der Waals surface area contributed by atoms with Gasteiger partial charge in [0.05, 0.1) is 18.5 Å². The summed E-state index contributed by atoms with van der Waals surface area (Å²) < 4.78 is 6.39. The number of ether oxygens (including phenoxy) is 1. The molecule has 0 spiro atoms. The normalized spacial score (nSPS) is 10.8. The van der Waals surface area contributed by atoms with Crippen molar-refractivity contribution < 1.29 is 9.53 Å². The van der Waals surface area contributed by atoms with Gasteiger partial charge in [-0.05, 0) is 23.3 Å². The molecule has 0 unspecified atom stereocenters. The minimum absolute atomic E-state index is 0.152. The van der Waals surface area contributed by atoms with E-state index in [1.807, 2.05) is 24.3 Å². The van der Waals surface area contributed by atoms with Crippen LogP contribution in [0.1, 0.15) is 17.5 Å². The second-order valence-electron chi connectivity index (χ2n) is 5.86. The van der Waals surface area contributed by atoms with Crippen molar-refractivity contribution in [2.24, 2.45) is 0 Å². The number of amides is 1. The first kappa shape index (κ1) is 17.8. The predicted octanol–water partition coefficient (Wildman–Crippen LogP) is 1.64. The number of methoxy groups -OCH3 is 1. The lowest BCUT2D eigenvalue weighted by Crippen LogP contribution is -2.29. The Morgan fingerprint density at radius 3 is 2.65 bits per heavy atom. The number of aryl methyl sites for hydroxylation is 1. The zero-order valence-corrected chi connectivity index (χ0v) is 14.5. The smallest absolute Gasteiger partial charge is 0.277 e. The number of carbonyl (C=O) groups is 1. The third-order valence-corrected chi connectivity index (χ3v) is 4.07. The Morgan fingerprint density at radius 1 is 1.12 bits per heavy atom. The van der Waals surface area contributed by atoms with E-state index in [0.29, 0.717) is 24.1 Å². The Labute approximate surface area is 150 Å². The van der Waals surface area contributed by atoms with Crippen LogP contribution in [0.2, 0.25) is 0 Å². The van der Waals surface area contributed by atoms with Crippen molar-refractivity contribution in [2.45, 2.75) is 26.1 Å². The Morgan fingerprint density at radius 2 is 1.85 bits per heavy atom. The second kappa shape index (κ2) is 8.35. The monoisotopic (exact) mass is 352 g/mol. The molecule has 0 fully saturated rings. The van der Waals surface area contributed by atoms with Gasteiger partial charge in [0.25, 0.3) is 5.56 Å². The van der Waals surface area contributed by atoms with Gasteiger partial charge in [-0.3, -0.25) is 9.59 Å². The molecular weight excluding hydrogens is 332 g/mol. The first-order valence-corrected chi connectivity index (χ1v) is 8.34. The van der Waals surface area contributed by atoms with Crippen molar-refractivity contribution >= 4 is 16.8 Å². The molecule has 1 heterocycles. The highest BCUT2D eigenvalue weighted by molar-refractivity contribution is 5.77. The third kappa shape index (κ3) is 4.12. The van der Waals surface area contributed by atoms with Crippen molar-refractivity contribution in [3.8, 4) is 0 Å². The minimum atomic E-state index is -0.242. The van der Waals surface area contributed by atoms with Crippen LogP contribution < -0.4 is 10.9 Å². The topological polar surface area (TPSA) is 86.1 Å². The van der Waals surface area contributed by atoms with Crippen LogP contribution in [0.15, 0.2) is 53.3 Å². The molecule has 7 heteroatoms. The van der Waals surface area contributed by atoms with Gasteiger partial charge in [-0.2, -0.15) is 0 Å². The van der Waals surface area contributed by atoms with Gasteiger partial charge in [0.15, 0.2) is 0 Å². The number of rotatable bonds is 7. The summed E-state index contributed by atoms with van der Waals surface area (Å²) in [4.78, 5) is 24.5. The van der Waals surface area contributed by atoms with E-state index in [1.165, 1.54) is 4.68 Å². The molecule has 1 N–H and O–H groups in total. The van der Waals surface area contributed by atoms with E-state index in [9.17, 15) is 9.59 Å². The molecule has 26 heavy (non-hydrogen) atoms. The first-order chi connectivity index (χ1) is 12.7. The molecule has 0 atom stereocenters. The Balaban J connectivity index is 1.60. The maximum absolute atomic E-state index is 12.4. The van der Waals surface area contributed by atoms with Crippen molar-refractivity contribution in [1.29, 1.82) is 0 Å². The van der Waals surface area contributed by atoms with E-state index in [4.69, 9.17) is 4.74 Å². The summed E-state index contributed by atoms with van der Waals surface area (Å²) in [6.07, 6.45) is 0.152. The van der Waals surface area contributed by atoms with Gasteiger partial charge in [-0.15, -0.1) is 5.10 Å². The third-order valence-electron chi connectivity index (χ3n) is 4.07. The second-order valence-corrected chi connectivity index (χ2v) is 5.86. The zero-order valence-electron chi connectivity index (χ0n) is 14.5. The van der Waals surface area contributed by atoms with Gasteiger partial charge in [-0.25, -0.2) is 4.68 Å². The van der Waals surface area contributed by atoms with Gasteiger partial charge < -0.3 is 10.1 Å².